The Morgan fingerprint density at radius 3 is 2.10 bits per heavy atom. The molecular weight excluding hydrogens is 311 g/mol. The standard InChI is InChI=1S/C14H13FN2O2S2/c1-17(12-6-2-10(3-7-12)14(16)20)21(18,19)13-8-4-11(15)5-9-13/h2-9H,1H3,(H2,16,20). The van der Waals surface area contributed by atoms with Crippen molar-refractivity contribution in [2.24, 2.45) is 5.73 Å². The van der Waals surface area contributed by atoms with Crippen LogP contribution in [0.15, 0.2) is 53.4 Å². The molecule has 0 heterocycles. The van der Waals surface area contributed by atoms with Crippen molar-refractivity contribution in [1.29, 1.82) is 0 Å². The molecule has 0 saturated heterocycles. The largest absolute Gasteiger partial charge is 0.389 e. The van der Waals surface area contributed by atoms with E-state index in [1.807, 2.05) is 0 Å². The van der Waals surface area contributed by atoms with Crippen molar-refractivity contribution < 1.29 is 12.8 Å². The Labute approximate surface area is 128 Å². The molecule has 0 atom stereocenters. The predicted molar refractivity (Wildman–Crippen MR) is 84.3 cm³/mol. The maximum Gasteiger partial charge on any atom is 0.264 e. The van der Waals surface area contributed by atoms with Crippen molar-refractivity contribution in [2.45, 2.75) is 4.90 Å². The fraction of sp³-hybridized carbons (Fsp3) is 0.0714. The van der Waals surface area contributed by atoms with E-state index in [1.54, 1.807) is 24.3 Å². The zero-order valence-electron chi connectivity index (χ0n) is 11.2. The minimum Gasteiger partial charge on any atom is -0.389 e. The number of thiocarbonyl (C=S) groups is 1. The van der Waals surface area contributed by atoms with E-state index in [9.17, 15) is 12.8 Å². The Morgan fingerprint density at radius 1 is 1.10 bits per heavy atom. The van der Waals surface area contributed by atoms with Crippen molar-refractivity contribution in [3.8, 4) is 0 Å². The summed E-state index contributed by atoms with van der Waals surface area (Å²) in [5.41, 5.74) is 6.61. The first-order valence-corrected chi connectivity index (χ1v) is 7.81. The summed E-state index contributed by atoms with van der Waals surface area (Å²) in [6, 6.07) is 11.2. The van der Waals surface area contributed by atoms with Crippen LogP contribution in [0.3, 0.4) is 0 Å². The van der Waals surface area contributed by atoms with E-state index in [4.69, 9.17) is 18.0 Å². The molecule has 0 amide bonds. The second-order valence-corrected chi connectivity index (χ2v) is 6.75. The van der Waals surface area contributed by atoms with Gasteiger partial charge in [0.2, 0.25) is 0 Å². The third kappa shape index (κ3) is 3.20. The maximum atomic E-state index is 12.9. The molecule has 2 aromatic carbocycles. The summed E-state index contributed by atoms with van der Waals surface area (Å²) in [5, 5.41) is 0. The highest BCUT2D eigenvalue weighted by Gasteiger charge is 2.21. The van der Waals surface area contributed by atoms with Gasteiger partial charge in [0.1, 0.15) is 10.8 Å². The molecule has 4 nitrogen and oxygen atoms in total. The number of benzene rings is 2. The van der Waals surface area contributed by atoms with E-state index in [1.165, 1.54) is 19.2 Å². The van der Waals surface area contributed by atoms with Gasteiger partial charge in [-0.3, -0.25) is 4.31 Å². The van der Waals surface area contributed by atoms with Crippen LogP contribution in [0.2, 0.25) is 0 Å². The number of sulfonamides is 1. The van der Waals surface area contributed by atoms with E-state index in [2.05, 4.69) is 0 Å². The highest BCUT2D eigenvalue weighted by Crippen LogP contribution is 2.22. The van der Waals surface area contributed by atoms with Crippen LogP contribution < -0.4 is 10.0 Å². The molecule has 0 radical (unpaired) electrons. The van der Waals surface area contributed by atoms with E-state index in [0.717, 1.165) is 16.4 Å². The average Bonchev–Trinajstić information content (AvgIpc) is 2.47. The van der Waals surface area contributed by atoms with E-state index in [0.29, 0.717) is 11.3 Å². The highest BCUT2D eigenvalue weighted by molar-refractivity contribution is 7.92. The lowest BCUT2D eigenvalue weighted by atomic mass is 10.2. The Morgan fingerprint density at radius 2 is 1.62 bits per heavy atom. The van der Waals surface area contributed by atoms with Crippen molar-refractivity contribution in [3.63, 3.8) is 0 Å². The maximum absolute atomic E-state index is 12.9. The smallest absolute Gasteiger partial charge is 0.264 e. The summed E-state index contributed by atoms with van der Waals surface area (Å²) in [4.78, 5) is 0.260. The van der Waals surface area contributed by atoms with Gasteiger partial charge in [-0.25, -0.2) is 12.8 Å². The molecule has 0 aliphatic heterocycles. The first-order valence-electron chi connectivity index (χ1n) is 5.97. The molecule has 2 N–H and O–H groups in total. The van der Waals surface area contributed by atoms with Crippen molar-refractivity contribution >= 4 is 32.9 Å². The number of nitrogens with two attached hydrogens (primary N) is 1. The Kier molecular flexibility index (Phi) is 4.24. The molecule has 0 aromatic heterocycles. The van der Waals surface area contributed by atoms with Gasteiger partial charge in [0.25, 0.3) is 10.0 Å². The summed E-state index contributed by atoms with van der Waals surface area (Å²) in [7, 11) is -2.31. The number of anilines is 1. The molecule has 110 valence electrons. The van der Waals surface area contributed by atoms with E-state index in [-0.39, 0.29) is 9.88 Å². The molecule has 0 saturated carbocycles. The minimum absolute atomic E-state index is 0.0184. The van der Waals surface area contributed by atoms with Gasteiger partial charge in [-0.1, -0.05) is 12.2 Å². The molecule has 2 rings (SSSR count). The zero-order chi connectivity index (χ0) is 15.6. The third-order valence-electron chi connectivity index (χ3n) is 2.99. The van der Waals surface area contributed by atoms with Gasteiger partial charge in [-0.2, -0.15) is 0 Å². The SMILES string of the molecule is CN(c1ccc(C(N)=S)cc1)S(=O)(=O)c1ccc(F)cc1. The lowest BCUT2D eigenvalue weighted by molar-refractivity contribution is 0.593. The van der Waals surface area contributed by atoms with Gasteiger partial charge in [0.05, 0.1) is 10.6 Å². The first kappa shape index (κ1) is 15.4. The topological polar surface area (TPSA) is 63.4 Å². The highest BCUT2D eigenvalue weighted by atomic mass is 32.2. The minimum atomic E-state index is -3.74. The molecule has 2 aromatic rings. The molecule has 21 heavy (non-hydrogen) atoms. The molecule has 0 spiro atoms. The molecule has 0 unspecified atom stereocenters. The lowest BCUT2D eigenvalue weighted by Gasteiger charge is -2.19. The third-order valence-corrected chi connectivity index (χ3v) is 5.02. The number of nitrogens with zero attached hydrogens (tertiary/aromatic N) is 1. The van der Waals surface area contributed by atoms with Crippen LogP contribution in [0, 0.1) is 5.82 Å². The summed E-state index contributed by atoms with van der Waals surface area (Å²) in [6.45, 7) is 0. The molecule has 0 aliphatic carbocycles. The first-order chi connectivity index (χ1) is 9.82. The lowest BCUT2D eigenvalue weighted by Crippen LogP contribution is -2.26. The fourth-order valence-corrected chi connectivity index (χ4v) is 3.07. The van der Waals surface area contributed by atoms with Crippen molar-refractivity contribution in [2.75, 3.05) is 11.4 Å². The Bertz CT molecular complexity index is 757. The fourth-order valence-electron chi connectivity index (χ4n) is 1.74. The average molecular weight is 324 g/mol. The van der Waals surface area contributed by atoms with Crippen LogP contribution in [-0.4, -0.2) is 20.5 Å². The zero-order valence-corrected chi connectivity index (χ0v) is 12.8. The van der Waals surface area contributed by atoms with E-state index < -0.39 is 15.8 Å². The van der Waals surface area contributed by atoms with Crippen LogP contribution in [0.1, 0.15) is 5.56 Å². The summed E-state index contributed by atoms with van der Waals surface area (Å²) in [5.74, 6) is -0.489. The molecule has 0 aliphatic rings. The van der Waals surface area contributed by atoms with Gasteiger partial charge in [-0.05, 0) is 48.5 Å². The monoisotopic (exact) mass is 324 g/mol. The Hall–Kier alpha value is -1.99. The summed E-state index contributed by atoms with van der Waals surface area (Å²) < 4.78 is 38.8. The number of rotatable bonds is 4. The predicted octanol–water partition coefficient (Wildman–Crippen LogP) is 2.29. The second-order valence-electron chi connectivity index (χ2n) is 4.34. The van der Waals surface area contributed by atoms with Gasteiger partial charge in [-0.15, -0.1) is 0 Å². The molecular formula is C14H13FN2O2S2. The van der Waals surface area contributed by atoms with Crippen molar-refractivity contribution in [1.82, 2.24) is 0 Å². The number of halogens is 1. The van der Waals surface area contributed by atoms with Crippen LogP contribution in [-0.2, 0) is 10.0 Å². The quantitative estimate of drug-likeness (QED) is 0.877. The summed E-state index contributed by atoms with van der Waals surface area (Å²) in [6.07, 6.45) is 0. The molecule has 7 heteroatoms. The van der Waals surface area contributed by atoms with Gasteiger partial charge < -0.3 is 5.73 Å². The normalized spacial score (nSPS) is 11.1. The van der Waals surface area contributed by atoms with Crippen molar-refractivity contribution in [3.05, 3.63) is 59.9 Å². The van der Waals surface area contributed by atoms with Gasteiger partial charge >= 0.3 is 0 Å². The van der Waals surface area contributed by atoms with Gasteiger partial charge in [0.15, 0.2) is 0 Å². The van der Waals surface area contributed by atoms with Crippen LogP contribution in [0.4, 0.5) is 10.1 Å². The van der Waals surface area contributed by atoms with Crippen LogP contribution in [0.5, 0.6) is 0 Å². The Balaban J connectivity index is 2.35. The second kappa shape index (κ2) is 5.79. The van der Waals surface area contributed by atoms with Crippen LogP contribution in [0.25, 0.3) is 0 Å². The number of hydrogen-bond acceptors (Lipinski definition) is 3. The molecule has 0 fully saturated rings. The van der Waals surface area contributed by atoms with Crippen LogP contribution >= 0.6 is 12.2 Å². The van der Waals surface area contributed by atoms with E-state index >= 15 is 0 Å². The molecule has 0 bridgehead atoms. The van der Waals surface area contributed by atoms with Gasteiger partial charge in [0, 0.05) is 12.6 Å². The number of hydrogen-bond donors (Lipinski definition) is 1. The summed E-state index contributed by atoms with van der Waals surface area (Å²) >= 11 is 4.84.